The zero-order valence-electron chi connectivity index (χ0n) is 15.0. The Balaban J connectivity index is 1.36. The lowest BCUT2D eigenvalue weighted by molar-refractivity contribution is -0.144. The molecule has 4 nitrogen and oxygen atoms in total. The van der Waals surface area contributed by atoms with E-state index in [1.54, 1.807) is 0 Å². The average Bonchev–Trinajstić information content (AvgIpc) is 2.99. The summed E-state index contributed by atoms with van der Waals surface area (Å²) in [5.41, 5.74) is -0.349. The largest absolute Gasteiger partial charge is 0.481 e. The summed E-state index contributed by atoms with van der Waals surface area (Å²) in [6.45, 7) is 4.29. The van der Waals surface area contributed by atoms with Crippen LogP contribution in [0.2, 0.25) is 0 Å². The van der Waals surface area contributed by atoms with Crippen LogP contribution in [0.1, 0.15) is 71.1 Å². The lowest BCUT2D eigenvalue weighted by Crippen LogP contribution is -2.23. The third-order valence-corrected chi connectivity index (χ3v) is 5.63. The van der Waals surface area contributed by atoms with Crippen LogP contribution in [0.25, 0.3) is 0 Å². The van der Waals surface area contributed by atoms with Gasteiger partial charge in [-0.3, -0.25) is 4.79 Å². The smallest absolute Gasteiger partial charge is 0.309 e. The fraction of sp³-hybridized carbons (Fsp3) is 0.842. The van der Waals surface area contributed by atoms with Gasteiger partial charge in [0.25, 0.3) is 0 Å². The van der Waals surface area contributed by atoms with Crippen LogP contribution in [0.4, 0.5) is 0 Å². The molecule has 0 aromatic heterocycles. The first kappa shape index (κ1) is 18.2. The van der Waals surface area contributed by atoms with Crippen molar-refractivity contribution in [1.82, 2.24) is 9.80 Å². The molecule has 0 bridgehead atoms. The van der Waals surface area contributed by atoms with Crippen molar-refractivity contribution in [3.63, 3.8) is 0 Å². The predicted octanol–water partition coefficient (Wildman–Crippen LogP) is 4.28. The van der Waals surface area contributed by atoms with Crippen molar-refractivity contribution in [2.75, 3.05) is 20.3 Å². The van der Waals surface area contributed by atoms with Crippen LogP contribution in [0.15, 0.2) is 12.4 Å². The second-order valence-electron chi connectivity index (χ2n) is 7.65. The van der Waals surface area contributed by atoms with Gasteiger partial charge in [0.05, 0.1) is 12.1 Å². The summed E-state index contributed by atoms with van der Waals surface area (Å²) in [5, 5.41) is 9.28. The number of nitrogens with zero attached hydrogens (tertiary/aromatic N) is 2. The Labute approximate surface area is 141 Å². The summed E-state index contributed by atoms with van der Waals surface area (Å²) in [6.07, 6.45) is 16.3. The Bertz CT molecular complexity index is 410. The number of unbranched alkanes of at least 4 members (excludes halogenated alkanes) is 7. The van der Waals surface area contributed by atoms with Gasteiger partial charge in [-0.25, -0.2) is 0 Å². The maximum Gasteiger partial charge on any atom is 0.309 e. The minimum atomic E-state index is -0.566. The lowest BCUT2D eigenvalue weighted by Gasteiger charge is -2.17. The number of carboxylic acid groups (broad SMARTS) is 1. The van der Waals surface area contributed by atoms with Gasteiger partial charge in [-0.05, 0) is 25.2 Å². The summed E-state index contributed by atoms with van der Waals surface area (Å²) in [5.74, 6) is -0.172. The number of aliphatic carboxylic acids is 1. The highest BCUT2D eigenvalue weighted by Gasteiger charge is 2.56. The minimum Gasteiger partial charge on any atom is -0.481 e. The molecular weight excluding hydrogens is 288 g/mol. The molecule has 1 aliphatic carbocycles. The first-order valence-corrected chi connectivity index (χ1v) is 9.40. The molecule has 0 aromatic rings. The molecule has 0 radical (unpaired) electrons. The Morgan fingerprint density at radius 3 is 2.13 bits per heavy atom. The first-order valence-electron chi connectivity index (χ1n) is 9.40. The molecule has 23 heavy (non-hydrogen) atoms. The molecule has 1 saturated carbocycles. The third-order valence-electron chi connectivity index (χ3n) is 5.63. The average molecular weight is 322 g/mol. The van der Waals surface area contributed by atoms with Crippen LogP contribution >= 0.6 is 0 Å². The van der Waals surface area contributed by atoms with Gasteiger partial charge in [0.15, 0.2) is 0 Å². The molecule has 0 spiro atoms. The van der Waals surface area contributed by atoms with Crippen molar-refractivity contribution in [3.8, 4) is 0 Å². The van der Waals surface area contributed by atoms with E-state index < -0.39 is 5.97 Å². The van der Waals surface area contributed by atoms with Crippen molar-refractivity contribution in [3.05, 3.63) is 12.4 Å². The molecular formula is C19H34N2O2. The zero-order valence-corrected chi connectivity index (χ0v) is 15.0. The lowest BCUT2D eigenvalue weighted by atomic mass is 9.95. The highest BCUT2D eigenvalue weighted by Crippen LogP contribution is 2.56. The van der Waals surface area contributed by atoms with Crippen LogP contribution in [0.5, 0.6) is 0 Å². The maximum absolute atomic E-state index is 11.3. The Hall–Kier alpha value is -1.19. The number of hydrogen-bond donors (Lipinski definition) is 1. The Morgan fingerprint density at radius 1 is 1.09 bits per heavy atom. The standard InChI is InChI=1S/C19H34N2O2/c1-17-15-19(17,18(22)23)11-9-7-5-3-4-6-8-10-12-21-14-13-20(2)16-21/h13-14,17H,3-12,15-16H2,1-2H3,(H,22,23). The van der Waals surface area contributed by atoms with E-state index in [1.165, 1.54) is 51.5 Å². The number of carbonyl (C=O) groups is 1. The molecule has 0 amide bonds. The molecule has 4 heteroatoms. The first-order chi connectivity index (χ1) is 11.0. The highest BCUT2D eigenvalue weighted by atomic mass is 16.4. The molecule has 1 heterocycles. The molecule has 132 valence electrons. The molecule has 2 unspecified atom stereocenters. The van der Waals surface area contributed by atoms with Gasteiger partial charge in [-0.15, -0.1) is 0 Å². The molecule has 0 saturated heterocycles. The van der Waals surface area contributed by atoms with E-state index in [1.807, 2.05) is 0 Å². The highest BCUT2D eigenvalue weighted by molar-refractivity contribution is 5.78. The van der Waals surface area contributed by atoms with E-state index in [0.29, 0.717) is 5.92 Å². The topological polar surface area (TPSA) is 43.8 Å². The van der Waals surface area contributed by atoms with Crippen LogP contribution in [-0.2, 0) is 4.79 Å². The van der Waals surface area contributed by atoms with Crippen LogP contribution in [0.3, 0.4) is 0 Å². The van der Waals surface area contributed by atoms with Gasteiger partial charge in [0, 0.05) is 26.0 Å². The van der Waals surface area contributed by atoms with Gasteiger partial charge in [-0.2, -0.15) is 0 Å². The fourth-order valence-electron chi connectivity index (χ4n) is 3.79. The summed E-state index contributed by atoms with van der Waals surface area (Å²) in [7, 11) is 2.11. The van der Waals surface area contributed by atoms with E-state index >= 15 is 0 Å². The second-order valence-corrected chi connectivity index (χ2v) is 7.65. The van der Waals surface area contributed by atoms with Gasteiger partial charge < -0.3 is 14.9 Å². The summed E-state index contributed by atoms with van der Waals surface area (Å²) in [4.78, 5) is 15.8. The van der Waals surface area contributed by atoms with Crippen molar-refractivity contribution in [1.29, 1.82) is 0 Å². The van der Waals surface area contributed by atoms with E-state index in [9.17, 15) is 9.90 Å². The van der Waals surface area contributed by atoms with Crippen LogP contribution in [-0.4, -0.2) is 41.1 Å². The fourth-order valence-corrected chi connectivity index (χ4v) is 3.79. The zero-order chi connectivity index (χ0) is 16.7. The number of carboxylic acids is 1. The summed E-state index contributed by atoms with van der Waals surface area (Å²) >= 11 is 0. The maximum atomic E-state index is 11.3. The Morgan fingerprint density at radius 2 is 1.65 bits per heavy atom. The molecule has 0 aromatic carbocycles. The second kappa shape index (κ2) is 8.60. The monoisotopic (exact) mass is 322 g/mol. The third kappa shape index (κ3) is 5.43. The van der Waals surface area contributed by atoms with Gasteiger partial charge in [0.2, 0.25) is 0 Å². The van der Waals surface area contributed by atoms with E-state index in [4.69, 9.17) is 0 Å². The van der Waals surface area contributed by atoms with Crippen LogP contribution < -0.4 is 0 Å². The van der Waals surface area contributed by atoms with E-state index in [0.717, 1.165) is 25.9 Å². The van der Waals surface area contributed by atoms with Gasteiger partial charge >= 0.3 is 5.97 Å². The molecule has 1 aliphatic heterocycles. The van der Waals surface area contributed by atoms with Crippen molar-refractivity contribution >= 4 is 5.97 Å². The van der Waals surface area contributed by atoms with Gasteiger partial charge in [-0.1, -0.05) is 51.9 Å². The van der Waals surface area contributed by atoms with Crippen molar-refractivity contribution in [2.24, 2.45) is 11.3 Å². The van der Waals surface area contributed by atoms with Crippen LogP contribution in [0, 0.1) is 11.3 Å². The van der Waals surface area contributed by atoms with E-state index in [2.05, 4.69) is 36.2 Å². The number of hydrogen-bond acceptors (Lipinski definition) is 3. The molecule has 2 aliphatic rings. The molecule has 1 fully saturated rings. The number of rotatable bonds is 12. The quantitative estimate of drug-likeness (QED) is 0.545. The molecule has 2 rings (SSSR count). The summed E-state index contributed by atoms with van der Waals surface area (Å²) < 4.78 is 0. The molecule has 1 N–H and O–H groups in total. The minimum absolute atomic E-state index is 0.349. The predicted molar refractivity (Wildman–Crippen MR) is 93.9 cm³/mol. The van der Waals surface area contributed by atoms with Gasteiger partial charge in [0.1, 0.15) is 0 Å². The van der Waals surface area contributed by atoms with Crippen molar-refractivity contribution in [2.45, 2.75) is 71.1 Å². The SMILES string of the molecule is CC1CC1(CCCCCCCCCCN1C=CN(C)C1)C(=O)O. The van der Waals surface area contributed by atoms with E-state index in [-0.39, 0.29) is 5.41 Å². The molecule has 2 atom stereocenters. The Kier molecular flexibility index (Phi) is 6.79. The van der Waals surface area contributed by atoms with Crippen molar-refractivity contribution < 1.29 is 9.90 Å². The summed E-state index contributed by atoms with van der Waals surface area (Å²) in [6, 6.07) is 0. The normalized spacial score (nSPS) is 26.1.